The van der Waals surface area contributed by atoms with Crippen LogP contribution in [0.2, 0.25) is 0 Å². The number of aliphatic carboxylic acids is 1. The molecule has 2 N–H and O–H groups in total. The first-order valence-electron chi connectivity index (χ1n) is 7.84. The fraction of sp³-hybridized carbons (Fsp3) is 0.471. The third-order valence-electron chi connectivity index (χ3n) is 4.54. The summed E-state index contributed by atoms with van der Waals surface area (Å²) < 4.78 is 2.03. The number of fused-ring (bicyclic) bond motifs is 2. The Kier molecular flexibility index (Phi) is 3.93. The summed E-state index contributed by atoms with van der Waals surface area (Å²) in [6, 6.07) is 3.74. The molecule has 5 heteroatoms. The molecule has 0 radical (unpaired) electrons. The van der Waals surface area contributed by atoms with Crippen LogP contribution in [0, 0.1) is 0 Å². The van der Waals surface area contributed by atoms with Gasteiger partial charge in [-0.25, -0.2) is 0 Å². The van der Waals surface area contributed by atoms with Crippen molar-refractivity contribution in [1.82, 2.24) is 14.8 Å². The molecule has 5 nitrogen and oxygen atoms in total. The highest BCUT2D eigenvalue weighted by Crippen LogP contribution is 2.32. The van der Waals surface area contributed by atoms with Gasteiger partial charge in [0.15, 0.2) is 0 Å². The number of aryl methyl sites for hydroxylation is 1. The molecule has 1 aliphatic heterocycles. The normalized spacial score (nSPS) is 16.1. The van der Waals surface area contributed by atoms with Gasteiger partial charge in [0.05, 0.1) is 0 Å². The molecule has 1 atom stereocenters. The second-order valence-corrected chi connectivity index (χ2v) is 5.97. The van der Waals surface area contributed by atoms with Crippen LogP contribution >= 0.6 is 0 Å². The number of hydrogen-bond acceptors (Lipinski definition) is 3. The molecular formula is C17H23N3O2. The molecule has 0 spiro atoms. The van der Waals surface area contributed by atoms with Gasteiger partial charge in [0.25, 0.3) is 0 Å². The molecule has 1 unspecified atom stereocenters. The Morgan fingerprint density at radius 1 is 1.32 bits per heavy atom. The van der Waals surface area contributed by atoms with Gasteiger partial charge in [-0.05, 0) is 36.3 Å². The molecule has 118 valence electrons. The van der Waals surface area contributed by atoms with Crippen molar-refractivity contribution >= 4 is 16.9 Å². The summed E-state index contributed by atoms with van der Waals surface area (Å²) in [6.45, 7) is 7.70. The SMILES string of the molecule is CCNC(C(=O)O)c1cn(C)c2cc3c(cc12)CN(CC)C3. The van der Waals surface area contributed by atoms with Gasteiger partial charge < -0.3 is 15.0 Å². The monoisotopic (exact) mass is 301 g/mol. The summed E-state index contributed by atoms with van der Waals surface area (Å²) in [5.41, 5.74) is 4.64. The van der Waals surface area contributed by atoms with Crippen LogP contribution in [0.5, 0.6) is 0 Å². The highest BCUT2D eigenvalue weighted by atomic mass is 16.4. The van der Waals surface area contributed by atoms with E-state index in [0.29, 0.717) is 6.54 Å². The zero-order chi connectivity index (χ0) is 15.9. The van der Waals surface area contributed by atoms with E-state index in [1.807, 2.05) is 24.7 Å². The van der Waals surface area contributed by atoms with Crippen molar-refractivity contribution < 1.29 is 9.90 Å². The number of likely N-dealkylation sites (N-methyl/N-ethyl adjacent to an activating group) is 1. The van der Waals surface area contributed by atoms with Gasteiger partial charge in [-0.2, -0.15) is 0 Å². The predicted molar refractivity (Wildman–Crippen MR) is 86.8 cm³/mol. The molecular weight excluding hydrogens is 278 g/mol. The second-order valence-electron chi connectivity index (χ2n) is 5.97. The van der Waals surface area contributed by atoms with Gasteiger partial charge in [0.1, 0.15) is 6.04 Å². The van der Waals surface area contributed by atoms with E-state index < -0.39 is 12.0 Å². The Labute approximate surface area is 130 Å². The van der Waals surface area contributed by atoms with Crippen LogP contribution in [-0.4, -0.2) is 33.6 Å². The minimum Gasteiger partial charge on any atom is -0.480 e. The summed E-state index contributed by atoms with van der Waals surface area (Å²) in [5.74, 6) is -0.829. The Balaban J connectivity index is 2.12. The molecule has 1 aliphatic rings. The zero-order valence-corrected chi connectivity index (χ0v) is 13.4. The molecule has 0 amide bonds. The number of hydrogen-bond donors (Lipinski definition) is 2. The molecule has 0 saturated heterocycles. The summed E-state index contributed by atoms with van der Waals surface area (Å²) in [4.78, 5) is 14.0. The van der Waals surface area contributed by atoms with E-state index in [4.69, 9.17) is 0 Å². The van der Waals surface area contributed by atoms with Crippen molar-refractivity contribution in [2.75, 3.05) is 13.1 Å². The van der Waals surface area contributed by atoms with Crippen LogP contribution in [0.4, 0.5) is 0 Å². The van der Waals surface area contributed by atoms with Crippen molar-refractivity contribution in [3.05, 3.63) is 35.0 Å². The van der Waals surface area contributed by atoms with Crippen molar-refractivity contribution in [1.29, 1.82) is 0 Å². The van der Waals surface area contributed by atoms with E-state index in [9.17, 15) is 9.90 Å². The molecule has 2 aromatic rings. The lowest BCUT2D eigenvalue weighted by atomic mass is 10.0. The minimum atomic E-state index is -0.829. The summed E-state index contributed by atoms with van der Waals surface area (Å²) in [5, 5.41) is 13.6. The molecule has 0 aliphatic carbocycles. The fourth-order valence-electron chi connectivity index (χ4n) is 3.37. The van der Waals surface area contributed by atoms with Crippen LogP contribution in [0.3, 0.4) is 0 Å². The van der Waals surface area contributed by atoms with Crippen LogP contribution in [0.25, 0.3) is 10.9 Å². The van der Waals surface area contributed by atoms with Gasteiger partial charge in [0.2, 0.25) is 0 Å². The van der Waals surface area contributed by atoms with E-state index in [0.717, 1.165) is 36.1 Å². The first kappa shape index (κ1) is 15.1. The molecule has 2 heterocycles. The number of rotatable bonds is 5. The van der Waals surface area contributed by atoms with Crippen LogP contribution in [0.1, 0.15) is 36.6 Å². The Morgan fingerprint density at radius 3 is 2.59 bits per heavy atom. The lowest BCUT2D eigenvalue weighted by Crippen LogP contribution is -2.28. The van der Waals surface area contributed by atoms with E-state index in [1.165, 1.54) is 11.1 Å². The highest BCUT2D eigenvalue weighted by Gasteiger charge is 2.25. The highest BCUT2D eigenvalue weighted by molar-refractivity contribution is 5.90. The maximum absolute atomic E-state index is 11.6. The Hall–Kier alpha value is -1.85. The molecule has 22 heavy (non-hydrogen) atoms. The van der Waals surface area contributed by atoms with Gasteiger partial charge in [-0.1, -0.05) is 13.8 Å². The minimum absolute atomic E-state index is 0.627. The zero-order valence-electron chi connectivity index (χ0n) is 13.4. The fourth-order valence-corrected chi connectivity index (χ4v) is 3.37. The lowest BCUT2D eigenvalue weighted by Gasteiger charge is -2.12. The second kappa shape index (κ2) is 5.74. The standard InChI is InChI=1S/C17H23N3O2/c1-4-18-16(17(21)22)14-10-19(3)15-7-12-9-20(5-2)8-11(12)6-13(14)15/h6-7,10,16,18H,4-5,8-9H2,1-3H3,(H,21,22). The number of carboxylic acid groups (broad SMARTS) is 1. The van der Waals surface area contributed by atoms with E-state index in [1.54, 1.807) is 0 Å². The third kappa shape index (κ3) is 2.40. The molecule has 0 saturated carbocycles. The number of carboxylic acids is 1. The summed E-state index contributed by atoms with van der Waals surface area (Å²) in [6.07, 6.45) is 1.94. The lowest BCUT2D eigenvalue weighted by molar-refractivity contribution is -0.139. The van der Waals surface area contributed by atoms with Crippen molar-refractivity contribution in [2.24, 2.45) is 7.05 Å². The Bertz CT molecular complexity index is 720. The summed E-state index contributed by atoms with van der Waals surface area (Å²) >= 11 is 0. The van der Waals surface area contributed by atoms with Crippen molar-refractivity contribution in [3.63, 3.8) is 0 Å². The number of aromatic nitrogens is 1. The maximum atomic E-state index is 11.6. The number of benzene rings is 1. The van der Waals surface area contributed by atoms with Gasteiger partial charge in [0, 0.05) is 42.8 Å². The Morgan fingerprint density at radius 2 is 2.00 bits per heavy atom. The van der Waals surface area contributed by atoms with Crippen molar-refractivity contribution in [2.45, 2.75) is 33.0 Å². The van der Waals surface area contributed by atoms with Crippen LogP contribution in [0.15, 0.2) is 18.3 Å². The van der Waals surface area contributed by atoms with Gasteiger partial charge in [-0.15, -0.1) is 0 Å². The van der Waals surface area contributed by atoms with Crippen molar-refractivity contribution in [3.8, 4) is 0 Å². The number of nitrogens with zero attached hydrogens (tertiary/aromatic N) is 2. The smallest absolute Gasteiger partial charge is 0.325 e. The first-order valence-corrected chi connectivity index (χ1v) is 7.84. The molecule has 0 bridgehead atoms. The van der Waals surface area contributed by atoms with E-state index in [-0.39, 0.29) is 0 Å². The largest absolute Gasteiger partial charge is 0.480 e. The number of nitrogens with one attached hydrogen (secondary N) is 1. The third-order valence-corrected chi connectivity index (χ3v) is 4.54. The van der Waals surface area contributed by atoms with E-state index >= 15 is 0 Å². The van der Waals surface area contributed by atoms with Crippen LogP contribution < -0.4 is 5.32 Å². The predicted octanol–water partition coefficient (Wildman–Crippen LogP) is 2.25. The van der Waals surface area contributed by atoms with Gasteiger partial charge >= 0.3 is 5.97 Å². The topological polar surface area (TPSA) is 57.5 Å². The molecule has 1 aromatic carbocycles. The maximum Gasteiger partial charge on any atom is 0.325 e. The van der Waals surface area contributed by atoms with Crippen LogP contribution in [-0.2, 0) is 24.9 Å². The quantitative estimate of drug-likeness (QED) is 0.889. The average molecular weight is 301 g/mol. The molecule has 1 aromatic heterocycles. The van der Waals surface area contributed by atoms with Gasteiger partial charge in [-0.3, -0.25) is 9.69 Å². The summed E-state index contributed by atoms with van der Waals surface area (Å²) in [7, 11) is 1.98. The average Bonchev–Trinajstić information content (AvgIpc) is 3.03. The number of carbonyl (C=O) groups is 1. The molecule has 3 rings (SSSR count). The van der Waals surface area contributed by atoms with E-state index in [2.05, 4.69) is 29.3 Å². The molecule has 0 fully saturated rings. The first-order chi connectivity index (χ1) is 10.5.